The number of anilines is 2. The smallest absolute Gasteiger partial charge is 0.325 e. The Bertz CT molecular complexity index is 454. The molecule has 7 nitrogen and oxygen atoms in total. The maximum Gasteiger partial charge on any atom is 0.325 e. The van der Waals surface area contributed by atoms with Crippen molar-refractivity contribution in [1.29, 1.82) is 0 Å². The number of hydrogen-bond donors (Lipinski definition) is 3. The van der Waals surface area contributed by atoms with Gasteiger partial charge in [0.15, 0.2) is 0 Å². The lowest BCUT2D eigenvalue weighted by Crippen LogP contribution is -2.26. The molecule has 0 radical (unpaired) electrons. The van der Waals surface area contributed by atoms with Crippen LogP contribution in [-0.2, 0) is 4.79 Å². The van der Waals surface area contributed by atoms with Crippen molar-refractivity contribution >= 4 is 17.6 Å². The van der Waals surface area contributed by atoms with Gasteiger partial charge in [-0.15, -0.1) is 0 Å². The van der Waals surface area contributed by atoms with Crippen LogP contribution in [0.3, 0.4) is 0 Å². The molecule has 19 heavy (non-hydrogen) atoms. The first kappa shape index (κ1) is 13.5. The molecular weight excluding hydrogens is 246 g/mol. The van der Waals surface area contributed by atoms with Gasteiger partial charge in [0.2, 0.25) is 0 Å². The molecule has 2 rings (SSSR count). The van der Waals surface area contributed by atoms with Gasteiger partial charge in [-0.3, -0.25) is 4.79 Å². The minimum Gasteiger partial charge on any atom is -0.480 e. The Labute approximate surface area is 112 Å². The summed E-state index contributed by atoms with van der Waals surface area (Å²) in [6.45, 7) is 3.63. The van der Waals surface area contributed by atoms with Crippen molar-refractivity contribution < 1.29 is 9.90 Å². The molecular formula is C12H19N5O2. The zero-order valence-electron chi connectivity index (χ0n) is 11.1. The number of likely N-dealkylation sites (tertiary alicyclic amines) is 1. The SMILES string of the molecule is CC(Nc1cc(NC2CCN(C)C2)ncn1)C(=O)O. The standard InChI is InChI=1S/C12H19N5O2/c1-8(12(18)19)15-10-5-11(14-7-13-10)16-9-3-4-17(2)6-9/h5,7-9H,3-4,6H2,1-2H3,(H,18,19)(H2,13,14,15,16). The number of rotatable bonds is 5. The number of aromatic nitrogens is 2. The Morgan fingerprint density at radius 1 is 1.53 bits per heavy atom. The normalized spacial score (nSPS) is 21.1. The largest absolute Gasteiger partial charge is 0.480 e. The van der Waals surface area contributed by atoms with Gasteiger partial charge >= 0.3 is 5.97 Å². The quantitative estimate of drug-likeness (QED) is 0.713. The second-order valence-corrected chi connectivity index (χ2v) is 4.88. The van der Waals surface area contributed by atoms with E-state index >= 15 is 0 Å². The second kappa shape index (κ2) is 5.83. The molecule has 2 atom stereocenters. The highest BCUT2D eigenvalue weighted by molar-refractivity contribution is 5.76. The molecule has 104 valence electrons. The summed E-state index contributed by atoms with van der Waals surface area (Å²) in [5, 5.41) is 15.0. The lowest BCUT2D eigenvalue weighted by atomic mass is 10.2. The van der Waals surface area contributed by atoms with Gasteiger partial charge < -0.3 is 20.6 Å². The van der Waals surface area contributed by atoms with Gasteiger partial charge in [0.1, 0.15) is 24.0 Å². The van der Waals surface area contributed by atoms with E-state index in [4.69, 9.17) is 5.11 Å². The van der Waals surface area contributed by atoms with E-state index < -0.39 is 12.0 Å². The van der Waals surface area contributed by atoms with Gasteiger partial charge in [0, 0.05) is 18.7 Å². The Morgan fingerprint density at radius 3 is 2.89 bits per heavy atom. The maximum atomic E-state index is 10.8. The van der Waals surface area contributed by atoms with Crippen LogP contribution < -0.4 is 10.6 Å². The van der Waals surface area contributed by atoms with E-state index in [1.165, 1.54) is 6.33 Å². The van der Waals surface area contributed by atoms with E-state index in [1.807, 2.05) is 0 Å². The van der Waals surface area contributed by atoms with E-state index in [0.717, 1.165) is 25.3 Å². The first-order valence-electron chi connectivity index (χ1n) is 6.31. The van der Waals surface area contributed by atoms with Gasteiger partial charge in [-0.2, -0.15) is 0 Å². The van der Waals surface area contributed by atoms with Crippen molar-refractivity contribution in [2.75, 3.05) is 30.8 Å². The zero-order chi connectivity index (χ0) is 13.8. The third-order valence-electron chi connectivity index (χ3n) is 3.15. The van der Waals surface area contributed by atoms with Crippen molar-refractivity contribution in [2.24, 2.45) is 0 Å². The highest BCUT2D eigenvalue weighted by Crippen LogP contribution is 2.15. The van der Waals surface area contributed by atoms with Crippen molar-refractivity contribution in [2.45, 2.75) is 25.4 Å². The van der Waals surface area contributed by atoms with Crippen LogP contribution in [0, 0.1) is 0 Å². The molecule has 0 spiro atoms. The van der Waals surface area contributed by atoms with Crippen molar-refractivity contribution in [3.63, 3.8) is 0 Å². The second-order valence-electron chi connectivity index (χ2n) is 4.88. The van der Waals surface area contributed by atoms with E-state index in [2.05, 4.69) is 32.5 Å². The van der Waals surface area contributed by atoms with Crippen LogP contribution in [-0.4, -0.2) is 58.2 Å². The molecule has 1 aliphatic rings. The fourth-order valence-electron chi connectivity index (χ4n) is 2.06. The molecule has 3 N–H and O–H groups in total. The average molecular weight is 265 g/mol. The van der Waals surface area contributed by atoms with Gasteiger partial charge in [-0.1, -0.05) is 0 Å². The monoisotopic (exact) mass is 265 g/mol. The molecule has 1 aliphatic heterocycles. The molecule has 0 aliphatic carbocycles. The predicted molar refractivity (Wildman–Crippen MR) is 72.3 cm³/mol. The Kier molecular flexibility index (Phi) is 4.16. The molecule has 1 aromatic heterocycles. The molecule has 0 saturated carbocycles. The third-order valence-corrected chi connectivity index (χ3v) is 3.15. The van der Waals surface area contributed by atoms with Crippen LogP contribution >= 0.6 is 0 Å². The van der Waals surface area contributed by atoms with E-state index in [-0.39, 0.29) is 0 Å². The number of aliphatic carboxylic acids is 1. The summed E-state index contributed by atoms with van der Waals surface area (Å²) >= 11 is 0. The predicted octanol–water partition coefficient (Wildman–Crippen LogP) is 0.478. The highest BCUT2D eigenvalue weighted by atomic mass is 16.4. The Balaban J connectivity index is 1.97. The van der Waals surface area contributed by atoms with Gasteiger partial charge in [-0.25, -0.2) is 9.97 Å². The number of carbonyl (C=O) groups is 1. The van der Waals surface area contributed by atoms with E-state index in [0.29, 0.717) is 11.9 Å². The molecule has 0 bridgehead atoms. The first-order chi connectivity index (χ1) is 9.04. The summed E-state index contributed by atoms with van der Waals surface area (Å²) < 4.78 is 0. The zero-order valence-corrected chi connectivity index (χ0v) is 11.1. The number of likely N-dealkylation sites (N-methyl/N-ethyl adjacent to an activating group) is 1. The summed E-state index contributed by atoms with van der Waals surface area (Å²) in [6, 6.07) is 1.43. The van der Waals surface area contributed by atoms with Crippen LogP contribution in [0.2, 0.25) is 0 Å². The summed E-state index contributed by atoms with van der Waals surface area (Å²) in [5.74, 6) is 0.319. The lowest BCUT2D eigenvalue weighted by Gasteiger charge is -2.15. The first-order valence-corrected chi connectivity index (χ1v) is 6.31. The maximum absolute atomic E-state index is 10.8. The van der Waals surface area contributed by atoms with Crippen LogP contribution in [0.15, 0.2) is 12.4 Å². The third kappa shape index (κ3) is 3.78. The summed E-state index contributed by atoms with van der Waals surface area (Å²) in [5.41, 5.74) is 0. The Morgan fingerprint density at radius 2 is 2.26 bits per heavy atom. The lowest BCUT2D eigenvalue weighted by molar-refractivity contribution is -0.137. The molecule has 0 aromatic carbocycles. The Hall–Kier alpha value is -1.89. The number of nitrogens with one attached hydrogen (secondary N) is 2. The summed E-state index contributed by atoms with van der Waals surface area (Å²) in [7, 11) is 2.09. The van der Waals surface area contributed by atoms with Crippen molar-refractivity contribution in [1.82, 2.24) is 14.9 Å². The fraction of sp³-hybridized carbons (Fsp3) is 0.583. The minimum atomic E-state index is -0.912. The highest BCUT2D eigenvalue weighted by Gasteiger charge is 2.19. The average Bonchev–Trinajstić information content (AvgIpc) is 2.75. The van der Waals surface area contributed by atoms with Gasteiger partial charge in [0.05, 0.1) is 0 Å². The molecule has 1 fully saturated rings. The van der Waals surface area contributed by atoms with Gasteiger partial charge in [-0.05, 0) is 26.9 Å². The molecule has 2 heterocycles. The van der Waals surface area contributed by atoms with E-state index in [1.54, 1.807) is 13.0 Å². The van der Waals surface area contributed by atoms with Crippen molar-refractivity contribution in [3.8, 4) is 0 Å². The van der Waals surface area contributed by atoms with Crippen LogP contribution in [0.25, 0.3) is 0 Å². The van der Waals surface area contributed by atoms with E-state index in [9.17, 15) is 4.79 Å². The molecule has 0 amide bonds. The number of hydrogen-bond acceptors (Lipinski definition) is 6. The number of carboxylic acids is 1. The fourth-order valence-corrected chi connectivity index (χ4v) is 2.06. The van der Waals surface area contributed by atoms with Crippen LogP contribution in [0.4, 0.5) is 11.6 Å². The number of carboxylic acid groups (broad SMARTS) is 1. The van der Waals surface area contributed by atoms with Crippen LogP contribution in [0.1, 0.15) is 13.3 Å². The summed E-state index contributed by atoms with van der Waals surface area (Å²) in [4.78, 5) is 21.2. The summed E-state index contributed by atoms with van der Waals surface area (Å²) in [6.07, 6.45) is 2.51. The minimum absolute atomic E-state index is 0.379. The van der Waals surface area contributed by atoms with Crippen LogP contribution in [0.5, 0.6) is 0 Å². The van der Waals surface area contributed by atoms with Gasteiger partial charge in [0.25, 0.3) is 0 Å². The van der Waals surface area contributed by atoms with Crippen molar-refractivity contribution in [3.05, 3.63) is 12.4 Å². The molecule has 7 heteroatoms. The molecule has 2 unspecified atom stereocenters. The topological polar surface area (TPSA) is 90.4 Å². The molecule has 1 saturated heterocycles. The number of nitrogens with zero attached hydrogens (tertiary/aromatic N) is 3. The molecule has 1 aromatic rings.